The van der Waals surface area contributed by atoms with E-state index in [1.807, 2.05) is 38.3 Å². The molecule has 2 heterocycles. The van der Waals surface area contributed by atoms with Gasteiger partial charge in [-0.3, -0.25) is 14.5 Å². The molecule has 3 aromatic rings. The number of aliphatic hydroxyl groups is 1. The summed E-state index contributed by atoms with van der Waals surface area (Å²) >= 11 is 0. The number of carbonyl (C=O) groups is 2. The fourth-order valence-electron chi connectivity index (χ4n) is 6.57. The molecule has 0 unspecified atom stereocenters. The van der Waals surface area contributed by atoms with E-state index in [4.69, 9.17) is 0 Å². The van der Waals surface area contributed by atoms with Gasteiger partial charge < -0.3 is 20.0 Å². The highest BCUT2D eigenvalue weighted by Crippen LogP contribution is 2.34. The van der Waals surface area contributed by atoms with Crippen molar-refractivity contribution in [3.8, 4) is 0 Å². The minimum atomic E-state index is -1.10. The number of piperidine rings is 1. The Morgan fingerprint density at radius 2 is 1.72 bits per heavy atom. The minimum Gasteiger partial charge on any atom is -0.390 e. The highest BCUT2D eigenvalue weighted by atomic mass is 19.2. The Morgan fingerprint density at radius 1 is 1.02 bits per heavy atom. The largest absolute Gasteiger partial charge is 0.390 e. The van der Waals surface area contributed by atoms with Gasteiger partial charge in [-0.1, -0.05) is 6.07 Å². The Kier molecular flexibility index (Phi) is 9.18. The van der Waals surface area contributed by atoms with Crippen LogP contribution in [0.15, 0.2) is 41.4 Å². The molecule has 0 atom stereocenters. The van der Waals surface area contributed by atoms with Gasteiger partial charge >= 0.3 is 0 Å². The Labute approximate surface area is 251 Å². The second-order valence-corrected chi connectivity index (χ2v) is 13.1. The van der Waals surface area contributed by atoms with E-state index in [1.165, 1.54) is 6.07 Å². The van der Waals surface area contributed by atoms with Crippen LogP contribution >= 0.6 is 0 Å². The van der Waals surface area contributed by atoms with E-state index in [-0.39, 0.29) is 35.4 Å². The first-order valence-corrected chi connectivity index (χ1v) is 15.4. The molecule has 1 aliphatic heterocycles. The Morgan fingerprint density at radius 3 is 2.35 bits per heavy atom. The monoisotopic (exact) mass is 595 g/mol. The number of rotatable bonds is 7. The quantitative estimate of drug-likeness (QED) is 0.348. The maximum absolute atomic E-state index is 13.9. The second-order valence-electron chi connectivity index (χ2n) is 13.1. The number of aromatic amines is 1. The maximum atomic E-state index is 13.9. The summed E-state index contributed by atoms with van der Waals surface area (Å²) < 4.78 is 29.4. The molecule has 2 amide bonds. The Bertz CT molecular complexity index is 1540. The van der Waals surface area contributed by atoms with E-state index < -0.39 is 23.1 Å². The summed E-state index contributed by atoms with van der Waals surface area (Å²) in [5.74, 6) is -2.49. The van der Waals surface area contributed by atoms with E-state index in [9.17, 15) is 23.5 Å². The predicted octanol–water partition coefficient (Wildman–Crippen LogP) is 5.23. The Hall–Kier alpha value is -3.37. The third-order valence-electron chi connectivity index (χ3n) is 9.03. The lowest BCUT2D eigenvalue weighted by Crippen LogP contribution is -2.41. The van der Waals surface area contributed by atoms with E-state index in [0.717, 1.165) is 86.9 Å². The molecule has 0 spiro atoms. The zero-order valence-electron chi connectivity index (χ0n) is 25.5. The van der Waals surface area contributed by atoms with Crippen molar-refractivity contribution >= 4 is 22.8 Å². The molecule has 2 aromatic carbocycles. The zero-order valence-corrected chi connectivity index (χ0v) is 25.5. The third-order valence-corrected chi connectivity index (χ3v) is 9.03. The molecular weight excluding hydrogens is 552 g/mol. The van der Waals surface area contributed by atoms with Crippen molar-refractivity contribution in [1.29, 1.82) is 0 Å². The number of halogens is 2. The summed E-state index contributed by atoms with van der Waals surface area (Å²) in [4.78, 5) is 35.8. The number of likely N-dealkylation sites (tertiary alicyclic amines) is 1. The highest BCUT2D eigenvalue weighted by Gasteiger charge is 2.31. The number of benzene rings is 2. The lowest BCUT2D eigenvalue weighted by atomic mass is 9.83. The van der Waals surface area contributed by atoms with Gasteiger partial charge in [0.15, 0.2) is 11.6 Å². The molecule has 8 nitrogen and oxygen atoms in total. The molecule has 5 rings (SSSR count). The van der Waals surface area contributed by atoms with Gasteiger partial charge in [0.2, 0.25) is 11.5 Å². The summed E-state index contributed by atoms with van der Waals surface area (Å²) in [5, 5.41) is 13.4. The first kappa shape index (κ1) is 31.1. The molecule has 0 bridgehead atoms. The number of hydrogen-bond donors (Lipinski definition) is 3. The predicted molar refractivity (Wildman–Crippen MR) is 161 cm³/mol. The van der Waals surface area contributed by atoms with Crippen LogP contribution in [0.25, 0.3) is 11.0 Å². The number of carbonyl (C=O) groups excluding carboxylic acids is 2. The maximum Gasteiger partial charge on any atom is 0.280 e. The van der Waals surface area contributed by atoms with Crippen molar-refractivity contribution in [2.45, 2.75) is 90.4 Å². The van der Waals surface area contributed by atoms with Gasteiger partial charge in [0.05, 0.1) is 16.6 Å². The van der Waals surface area contributed by atoms with Crippen molar-refractivity contribution in [2.75, 3.05) is 13.1 Å². The minimum absolute atomic E-state index is 0.00568. The second kappa shape index (κ2) is 12.7. The number of imidazole rings is 1. The van der Waals surface area contributed by atoms with E-state index in [1.54, 1.807) is 0 Å². The van der Waals surface area contributed by atoms with Crippen molar-refractivity contribution in [2.24, 2.45) is 16.8 Å². The SMILES string of the molecule is CC(C)NC(=O)[C@H]1CC[C@@H](n2/c(=N/C(=O)c3ccc(F)c(F)c3)[nH]c3ccc(CN4CCC(C(C)(C)O)CC4)cc32)CC1. The first-order chi connectivity index (χ1) is 20.4. The van der Waals surface area contributed by atoms with Gasteiger partial charge in [-0.25, -0.2) is 8.78 Å². The number of amides is 2. The number of H-pyrrole nitrogens is 1. The van der Waals surface area contributed by atoms with Crippen LogP contribution in [0.4, 0.5) is 8.78 Å². The smallest absolute Gasteiger partial charge is 0.280 e. The highest BCUT2D eigenvalue weighted by molar-refractivity contribution is 5.95. The molecule has 0 radical (unpaired) electrons. The molecule has 2 aliphatic rings. The molecule has 3 N–H and O–H groups in total. The van der Waals surface area contributed by atoms with Gasteiger partial charge in [0, 0.05) is 30.1 Å². The van der Waals surface area contributed by atoms with Crippen LogP contribution in [-0.2, 0) is 11.3 Å². The van der Waals surface area contributed by atoms with Crippen molar-refractivity contribution in [3.05, 3.63) is 64.8 Å². The normalized spacial score (nSPS) is 21.1. The van der Waals surface area contributed by atoms with Gasteiger partial charge in [-0.15, -0.1) is 0 Å². The molecule has 10 heteroatoms. The summed E-state index contributed by atoms with van der Waals surface area (Å²) in [7, 11) is 0. The van der Waals surface area contributed by atoms with Gasteiger partial charge in [-0.05, 0) is 121 Å². The van der Waals surface area contributed by atoms with Crippen LogP contribution in [0, 0.1) is 23.5 Å². The van der Waals surface area contributed by atoms with Crippen molar-refractivity contribution < 1.29 is 23.5 Å². The number of hydrogen-bond acceptors (Lipinski definition) is 4. The molecular formula is C33H43F2N5O3. The van der Waals surface area contributed by atoms with Crippen LogP contribution in [0.5, 0.6) is 0 Å². The van der Waals surface area contributed by atoms with Crippen LogP contribution in [0.3, 0.4) is 0 Å². The van der Waals surface area contributed by atoms with Crippen molar-refractivity contribution in [1.82, 2.24) is 19.8 Å². The summed E-state index contributed by atoms with van der Waals surface area (Å²) in [6.07, 6.45) is 4.80. The summed E-state index contributed by atoms with van der Waals surface area (Å²) in [6.45, 7) is 10.3. The fourth-order valence-corrected chi connectivity index (χ4v) is 6.57. The zero-order chi connectivity index (χ0) is 30.9. The first-order valence-electron chi connectivity index (χ1n) is 15.4. The molecule has 232 valence electrons. The molecule has 1 saturated carbocycles. The van der Waals surface area contributed by atoms with E-state index >= 15 is 0 Å². The fraction of sp³-hybridized carbons (Fsp3) is 0.545. The van der Waals surface area contributed by atoms with Crippen LogP contribution in [0.2, 0.25) is 0 Å². The molecule has 1 aliphatic carbocycles. The van der Waals surface area contributed by atoms with Gasteiger partial charge in [0.25, 0.3) is 5.91 Å². The Balaban J connectivity index is 1.45. The number of fused-ring (bicyclic) bond motifs is 1. The van der Waals surface area contributed by atoms with Gasteiger partial charge in [-0.2, -0.15) is 4.99 Å². The van der Waals surface area contributed by atoms with Crippen molar-refractivity contribution in [3.63, 3.8) is 0 Å². The van der Waals surface area contributed by atoms with E-state index in [0.29, 0.717) is 5.62 Å². The molecule has 1 saturated heterocycles. The van der Waals surface area contributed by atoms with E-state index in [2.05, 4.69) is 32.3 Å². The lowest BCUT2D eigenvalue weighted by molar-refractivity contribution is -0.126. The third kappa shape index (κ3) is 7.24. The summed E-state index contributed by atoms with van der Waals surface area (Å²) in [5.41, 5.74) is 2.51. The van der Waals surface area contributed by atoms with Crippen LogP contribution < -0.4 is 10.9 Å². The standard InChI is InChI=1S/C33H43F2N5O3/c1-20(2)36-30(41)22-6-9-25(10-7-22)40-29-17-21(19-39-15-13-24(14-16-39)33(3,4)43)5-12-28(29)37-32(40)38-31(42)23-8-11-26(34)27(35)18-23/h5,8,11-12,17-18,20,22,24-25,43H,6-7,9-10,13-16,19H2,1-4H3,(H,36,41)(H,37,38,42)/t22-,25+. The summed E-state index contributed by atoms with van der Waals surface area (Å²) in [6, 6.07) is 9.31. The number of aromatic nitrogens is 2. The molecule has 2 fully saturated rings. The van der Waals surface area contributed by atoms with Crippen LogP contribution in [0.1, 0.15) is 88.2 Å². The molecule has 1 aromatic heterocycles. The number of nitrogens with one attached hydrogen (secondary N) is 2. The average molecular weight is 596 g/mol. The lowest BCUT2D eigenvalue weighted by Gasteiger charge is -2.37. The average Bonchev–Trinajstić information content (AvgIpc) is 3.31. The topological polar surface area (TPSA) is 103 Å². The molecule has 43 heavy (non-hydrogen) atoms. The number of nitrogens with zero attached hydrogens (tertiary/aromatic N) is 3. The van der Waals surface area contributed by atoms with Gasteiger partial charge in [0.1, 0.15) is 0 Å². The van der Waals surface area contributed by atoms with Crippen LogP contribution in [-0.4, -0.2) is 56.1 Å².